The van der Waals surface area contributed by atoms with Crippen molar-refractivity contribution in [1.82, 2.24) is 34.5 Å². The summed E-state index contributed by atoms with van der Waals surface area (Å²) in [4.78, 5) is 40.5. The van der Waals surface area contributed by atoms with Crippen LogP contribution >= 0.6 is 0 Å². The number of hydrogen-bond donors (Lipinski definition) is 1. The Kier molecular flexibility index (Phi) is 8.67. The molecule has 0 aliphatic rings. The predicted molar refractivity (Wildman–Crippen MR) is 161 cm³/mol. The number of rotatable bonds is 14. The summed E-state index contributed by atoms with van der Waals surface area (Å²) in [6.45, 7) is 0.650. The van der Waals surface area contributed by atoms with Crippen LogP contribution in [-0.2, 0) is 19.6 Å². The lowest BCUT2D eigenvalue weighted by atomic mass is 10.1. The number of carbonyl (C=O) groups excluding carboxylic acids is 2. The number of nitrogens with one attached hydrogen (secondary N) is 1. The fourth-order valence-electron chi connectivity index (χ4n) is 4.71. The minimum absolute atomic E-state index is 0.165. The molecule has 6 heterocycles. The van der Waals surface area contributed by atoms with Crippen LogP contribution in [0.3, 0.4) is 0 Å². The van der Waals surface area contributed by atoms with Crippen molar-refractivity contribution < 1.29 is 28.5 Å². The number of imidazole rings is 1. The molecular formula is C32H27N7O6. The highest BCUT2D eigenvalue weighted by Gasteiger charge is 2.13. The topological polar surface area (TPSA) is 156 Å². The maximum atomic E-state index is 11.9. The molecule has 13 heteroatoms. The van der Waals surface area contributed by atoms with Crippen molar-refractivity contribution in [2.75, 3.05) is 13.7 Å². The smallest absolute Gasteiger partial charge is 0.214 e. The molecule has 0 saturated carbocycles. The highest BCUT2D eigenvalue weighted by atomic mass is 16.5. The number of nitrogens with zero attached hydrogens (tertiary/aromatic N) is 6. The Morgan fingerprint density at radius 1 is 0.844 bits per heavy atom. The Balaban J connectivity index is 1.10. The summed E-state index contributed by atoms with van der Waals surface area (Å²) < 4.78 is 24.7. The molecule has 226 valence electrons. The molecule has 0 unspecified atom stereocenters. The van der Waals surface area contributed by atoms with Gasteiger partial charge in [-0.3, -0.25) is 19.7 Å². The zero-order valence-electron chi connectivity index (χ0n) is 24.1. The minimum atomic E-state index is 0.165. The van der Waals surface area contributed by atoms with E-state index in [9.17, 15) is 9.59 Å². The molecule has 13 nitrogen and oxygen atoms in total. The molecule has 0 saturated heterocycles. The van der Waals surface area contributed by atoms with Crippen LogP contribution in [0.2, 0.25) is 0 Å². The van der Waals surface area contributed by atoms with Gasteiger partial charge in [-0.1, -0.05) is 0 Å². The van der Waals surface area contributed by atoms with Crippen molar-refractivity contribution in [2.45, 2.75) is 19.6 Å². The van der Waals surface area contributed by atoms with Crippen molar-refractivity contribution in [3.63, 3.8) is 0 Å². The third kappa shape index (κ3) is 6.62. The average Bonchev–Trinajstić information content (AvgIpc) is 3.80. The molecule has 0 aromatic carbocycles. The summed E-state index contributed by atoms with van der Waals surface area (Å²) >= 11 is 0. The van der Waals surface area contributed by atoms with Crippen LogP contribution in [0.4, 0.5) is 0 Å². The number of aldehydes is 2. The molecule has 45 heavy (non-hydrogen) atoms. The van der Waals surface area contributed by atoms with Gasteiger partial charge in [-0.2, -0.15) is 5.10 Å². The standard InChI is InChI=1S/C32H27N7O6/c1-42-30-9-22(17-40)28(14-35-30)44-19-24-8-21(16-39-6-5-34-32(24)39)3-7-43-31-10-23(18-41)29(15-36-31)45-20-26-11-33-4-2-27(26)25-12-37-38-13-25/h2,4-6,8-18H,3,7,19-20H2,1H3,(H,37,38). The van der Waals surface area contributed by atoms with Gasteiger partial charge < -0.3 is 23.3 Å². The number of pyridine rings is 4. The van der Waals surface area contributed by atoms with Gasteiger partial charge in [-0.05, 0) is 23.3 Å². The van der Waals surface area contributed by atoms with Crippen molar-refractivity contribution >= 4 is 18.2 Å². The van der Waals surface area contributed by atoms with Gasteiger partial charge in [0.25, 0.3) is 0 Å². The highest BCUT2D eigenvalue weighted by molar-refractivity contribution is 5.80. The van der Waals surface area contributed by atoms with Gasteiger partial charge in [0.2, 0.25) is 11.8 Å². The second-order valence-electron chi connectivity index (χ2n) is 9.79. The molecule has 0 fully saturated rings. The monoisotopic (exact) mass is 605 g/mol. The zero-order chi connectivity index (χ0) is 31.0. The zero-order valence-corrected chi connectivity index (χ0v) is 24.1. The lowest BCUT2D eigenvalue weighted by molar-refractivity contribution is 0.111. The number of ether oxygens (including phenoxy) is 4. The van der Waals surface area contributed by atoms with Crippen LogP contribution in [0.5, 0.6) is 23.3 Å². The first kappa shape index (κ1) is 29.0. The van der Waals surface area contributed by atoms with E-state index in [-0.39, 0.29) is 13.2 Å². The third-order valence-electron chi connectivity index (χ3n) is 6.95. The van der Waals surface area contributed by atoms with E-state index in [0.717, 1.165) is 33.5 Å². The molecule has 1 N–H and O–H groups in total. The third-order valence-corrected chi connectivity index (χ3v) is 6.95. The van der Waals surface area contributed by atoms with Crippen LogP contribution < -0.4 is 18.9 Å². The van der Waals surface area contributed by atoms with Crippen LogP contribution in [0.15, 0.2) is 80.0 Å². The van der Waals surface area contributed by atoms with E-state index in [1.165, 1.54) is 25.6 Å². The summed E-state index contributed by atoms with van der Waals surface area (Å²) in [7, 11) is 1.48. The van der Waals surface area contributed by atoms with Crippen molar-refractivity contribution in [3.8, 4) is 34.4 Å². The summed E-state index contributed by atoms with van der Waals surface area (Å²) in [6, 6.07) is 6.92. The quantitative estimate of drug-likeness (QED) is 0.176. The van der Waals surface area contributed by atoms with E-state index in [1.54, 1.807) is 37.1 Å². The summed E-state index contributed by atoms with van der Waals surface area (Å²) in [5, 5.41) is 6.80. The van der Waals surface area contributed by atoms with Gasteiger partial charge in [0.15, 0.2) is 12.6 Å². The number of H-pyrrole nitrogens is 1. The van der Waals surface area contributed by atoms with Crippen LogP contribution in [0.25, 0.3) is 16.8 Å². The first-order valence-electron chi connectivity index (χ1n) is 13.8. The van der Waals surface area contributed by atoms with E-state index in [2.05, 4.69) is 30.1 Å². The van der Waals surface area contributed by atoms with E-state index in [4.69, 9.17) is 18.9 Å². The average molecular weight is 606 g/mol. The Morgan fingerprint density at radius 2 is 1.60 bits per heavy atom. The largest absolute Gasteiger partial charge is 0.486 e. The predicted octanol–water partition coefficient (Wildman–Crippen LogP) is 4.32. The number of aromatic amines is 1. The first-order chi connectivity index (χ1) is 22.1. The second kappa shape index (κ2) is 13.5. The molecule has 6 aromatic rings. The van der Waals surface area contributed by atoms with E-state index in [1.807, 2.05) is 28.9 Å². The summed E-state index contributed by atoms with van der Waals surface area (Å²) in [5.41, 5.74) is 5.82. The summed E-state index contributed by atoms with van der Waals surface area (Å²) in [6.07, 6.45) is 17.3. The Bertz CT molecular complexity index is 1940. The van der Waals surface area contributed by atoms with E-state index >= 15 is 0 Å². The number of methoxy groups -OCH3 is 1. The fraction of sp³-hybridized carbons (Fsp3) is 0.156. The molecule has 0 aliphatic heterocycles. The molecule has 0 bridgehead atoms. The molecule has 0 spiro atoms. The van der Waals surface area contributed by atoms with Gasteiger partial charge >= 0.3 is 0 Å². The molecule has 0 atom stereocenters. The Hall–Kier alpha value is -6.11. The maximum absolute atomic E-state index is 11.9. The lowest BCUT2D eigenvalue weighted by Crippen LogP contribution is -2.07. The van der Waals surface area contributed by atoms with Crippen LogP contribution in [-0.4, -0.2) is 60.8 Å². The fourth-order valence-corrected chi connectivity index (χ4v) is 4.71. The highest BCUT2D eigenvalue weighted by Crippen LogP contribution is 2.26. The van der Waals surface area contributed by atoms with Gasteiger partial charge in [0, 0.05) is 72.4 Å². The number of fused-ring (bicyclic) bond motifs is 1. The second-order valence-corrected chi connectivity index (χ2v) is 9.79. The van der Waals surface area contributed by atoms with E-state index in [0.29, 0.717) is 60.0 Å². The molecule has 6 rings (SSSR count). The number of aromatic nitrogens is 7. The Labute approximate surface area is 256 Å². The number of hydrogen-bond acceptors (Lipinski definition) is 11. The molecular weight excluding hydrogens is 578 g/mol. The van der Waals surface area contributed by atoms with Gasteiger partial charge in [0.1, 0.15) is 30.4 Å². The molecule has 6 aromatic heterocycles. The van der Waals surface area contributed by atoms with Gasteiger partial charge in [-0.25, -0.2) is 15.0 Å². The van der Waals surface area contributed by atoms with Crippen molar-refractivity contribution in [1.29, 1.82) is 0 Å². The lowest BCUT2D eigenvalue weighted by Gasteiger charge is -2.13. The SMILES string of the molecule is COc1cc(C=O)c(OCc2cc(CCOc3cc(C=O)c(OCc4cnccc4-c4cn[nH]c4)cn3)cn3ccnc23)cn1. The molecule has 0 aliphatic carbocycles. The number of carbonyl (C=O) groups is 2. The summed E-state index contributed by atoms with van der Waals surface area (Å²) in [5.74, 6) is 1.29. The van der Waals surface area contributed by atoms with Crippen LogP contribution in [0.1, 0.15) is 37.4 Å². The molecule has 0 radical (unpaired) electrons. The normalized spacial score (nSPS) is 10.9. The first-order valence-corrected chi connectivity index (χ1v) is 13.8. The Morgan fingerprint density at radius 3 is 2.33 bits per heavy atom. The van der Waals surface area contributed by atoms with E-state index < -0.39 is 0 Å². The molecule has 0 amide bonds. The minimum Gasteiger partial charge on any atom is -0.486 e. The van der Waals surface area contributed by atoms with Crippen molar-refractivity contribution in [3.05, 3.63) is 108 Å². The van der Waals surface area contributed by atoms with Gasteiger partial charge in [0.05, 0.1) is 43.4 Å². The van der Waals surface area contributed by atoms with Crippen LogP contribution in [0, 0.1) is 0 Å². The van der Waals surface area contributed by atoms with Crippen molar-refractivity contribution in [2.24, 2.45) is 0 Å². The maximum Gasteiger partial charge on any atom is 0.214 e. The van der Waals surface area contributed by atoms with Gasteiger partial charge in [-0.15, -0.1) is 0 Å².